The van der Waals surface area contributed by atoms with Crippen molar-refractivity contribution in [1.82, 2.24) is 5.32 Å². The molecule has 6 nitrogen and oxygen atoms in total. The Morgan fingerprint density at radius 2 is 1.89 bits per heavy atom. The van der Waals surface area contributed by atoms with Gasteiger partial charge in [-0.2, -0.15) is 0 Å². The lowest BCUT2D eigenvalue weighted by Crippen LogP contribution is -2.37. The largest absolute Gasteiger partial charge is 0.326 e. The lowest BCUT2D eigenvalue weighted by Gasteiger charge is -2.22. The van der Waals surface area contributed by atoms with E-state index in [1.54, 1.807) is 37.3 Å². The first-order valence-corrected chi connectivity index (χ1v) is 10.6. The number of hydrogen-bond donors (Lipinski definition) is 3. The summed E-state index contributed by atoms with van der Waals surface area (Å²) in [6.45, 7) is 5.22. The topological polar surface area (TPSA) is 87.3 Å². The molecule has 0 bridgehead atoms. The van der Waals surface area contributed by atoms with Crippen LogP contribution in [0.3, 0.4) is 0 Å². The van der Waals surface area contributed by atoms with E-state index in [0.717, 1.165) is 24.9 Å². The number of halogens is 1. The second-order valence-electron chi connectivity index (χ2n) is 6.99. The van der Waals surface area contributed by atoms with Gasteiger partial charge < -0.3 is 10.6 Å². The van der Waals surface area contributed by atoms with E-state index in [2.05, 4.69) is 15.4 Å². The second kappa shape index (κ2) is 9.41. The number of sulfonamides is 1. The van der Waals surface area contributed by atoms with Crippen LogP contribution in [-0.2, 0) is 14.8 Å². The van der Waals surface area contributed by atoms with Crippen molar-refractivity contribution in [2.24, 2.45) is 5.92 Å². The number of anilines is 2. The monoisotopic (exact) mass is 423 g/mol. The van der Waals surface area contributed by atoms with Crippen molar-refractivity contribution >= 4 is 39.7 Å². The molecule has 3 N–H and O–H groups in total. The Kier molecular flexibility index (Phi) is 7.46. The van der Waals surface area contributed by atoms with Gasteiger partial charge in [-0.05, 0) is 68.6 Å². The molecule has 152 valence electrons. The summed E-state index contributed by atoms with van der Waals surface area (Å²) in [6.07, 6.45) is 1.80. The van der Waals surface area contributed by atoms with Gasteiger partial charge in [0, 0.05) is 17.9 Å². The molecule has 1 aliphatic rings. The van der Waals surface area contributed by atoms with Crippen LogP contribution in [0.15, 0.2) is 47.4 Å². The average Bonchev–Trinajstić information content (AvgIpc) is 2.63. The van der Waals surface area contributed by atoms with Crippen molar-refractivity contribution in [2.75, 3.05) is 23.1 Å². The smallest absolute Gasteiger partial charge is 0.262 e. The van der Waals surface area contributed by atoms with E-state index in [9.17, 15) is 13.2 Å². The van der Waals surface area contributed by atoms with E-state index in [-0.39, 0.29) is 29.1 Å². The maximum absolute atomic E-state index is 12.8. The van der Waals surface area contributed by atoms with Crippen LogP contribution in [0.1, 0.15) is 24.0 Å². The number of hydrogen-bond acceptors (Lipinski definition) is 4. The predicted molar refractivity (Wildman–Crippen MR) is 115 cm³/mol. The molecule has 3 rings (SSSR count). The molecule has 0 radical (unpaired) electrons. The van der Waals surface area contributed by atoms with Crippen molar-refractivity contribution in [3.8, 4) is 0 Å². The number of rotatable bonds is 5. The first-order valence-electron chi connectivity index (χ1n) is 9.07. The first kappa shape index (κ1) is 22.2. The molecule has 0 aromatic heterocycles. The Morgan fingerprint density at radius 3 is 2.57 bits per heavy atom. The molecule has 0 spiro atoms. The minimum Gasteiger partial charge on any atom is -0.326 e. The zero-order chi connectivity index (χ0) is 19.4. The number of carbonyl (C=O) groups excluding carboxylic acids is 1. The number of carbonyl (C=O) groups is 1. The lowest BCUT2D eigenvalue weighted by molar-refractivity contribution is -0.120. The first-order chi connectivity index (χ1) is 12.8. The van der Waals surface area contributed by atoms with Gasteiger partial charge in [0.25, 0.3) is 10.0 Å². The van der Waals surface area contributed by atoms with Crippen molar-refractivity contribution < 1.29 is 13.2 Å². The van der Waals surface area contributed by atoms with Crippen molar-refractivity contribution in [1.29, 1.82) is 0 Å². The Balaban J connectivity index is 0.00000280. The Labute approximate surface area is 172 Å². The van der Waals surface area contributed by atoms with Crippen molar-refractivity contribution in [2.45, 2.75) is 31.6 Å². The van der Waals surface area contributed by atoms with E-state index >= 15 is 0 Å². The molecule has 0 aliphatic carbocycles. The normalized spacial score (nSPS) is 16.7. The standard InChI is InChI=1S/C20H25N3O3S.ClH/c1-14-5-3-7-18(11-14)23-27(25,26)19-12-17(9-8-15(19)2)22-20(24)16-6-4-10-21-13-16;/h3,5,7-9,11-12,16,21,23H,4,6,10,13H2,1-2H3,(H,22,24);1H. The Bertz CT molecular complexity index is 941. The van der Waals surface area contributed by atoms with E-state index < -0.39 is 10.0 Å². The van der Waals surface area contributed by atoms with E-state index in [0.29, 0.717) is 23.5 Å². The van der Waals surface area contributed by atoms with Gasteiger partial charge in [-0.15, -0.1) is 12.4 Å². The minimum absolute atomic E-state index is 0. The summed E-state index contributed by atoms with van der Waals surface area (Å²) in [5.41, 5.74) is 2.58. The quantitative estimate of drug-likeness (QED) is 0.687. The third kappa shape index (κ3) is 5.47. The SMILES string of the molecule is Cc1cccc(NS(=O)(=O)c2cc(NC(=O)C3CCCNC3)ccc2C)c1.Cl. The zero-order valence-electron chi connectivity index (χ0n) is 16.0. The molecular weight excluding hydrogens is 398 g/mol. The number of aryl methyl sites for hydroxylation is 2. The van der Waals surface area contributed by atoms with Crippen LogP contribution in [0.25, 0.3) is 0 Å². The molecule has 1 unspecified atom stereocenters. The van der Waals surface area contributed by atoms with Crippen LogP contribution < -0.4 is 15.4 Å². The number of piperidine rings is 1. The third-order valence-electron chi connectivity index (χ3n) is 4.68. The molecule has 1 amide bonds. The Morgan fingerprint density at radius 1 is 1.11 bits per heavy atom. The minimum atomic E-state index is -3.76. The predicted octanol–water partition coefficient (Wildman–Crippen LogP) is 3.46. The summed E-state index contributed by atoms with van der Waals surface area (Å²) in [5, 5.41) is 6.06. The fourth-order valence-corrected chi connectivity index (χ4v) is 4.53. The van der Waals surface area contributed by atoms with Crippen molar-refractivity contribution in [3.63, 3.8) is 0 Å². The van der Waals surface area contributed by atoms with Crippen LogP contribution in [0.2, 0.25) is 0 Å². The molecule has 28 heavy (non-hydrogen) atoms. The number of benzene rings is 2. The van der Waals surface area contributed by atoms with Crippen molar-refractivity contribution in [3.05, 3.63) is 53.6 Å². The molecule has 2 aromatic rings. The van der Waals surface area contributed by atoms with Gasteiger partial charge >= 0.3 is 0 Å². The van der Waals surface area contributed by atoms with E-state index in [1.807, 2.05) is 13.0 Å². The molecule has 1 saturated heterocycles. The second-order valence-corrected chi connectivity index (χ2v) is 8.64. The summed E-state index contributed by atoms with van der Waals surface area (Å²) < 4.78 is 28.3. The van der Waals surface area contributed by atoms with E-state index in [1.165, 1.54) is 6.07 Å². The highest BCUT2D eigenvalue weighted by molar-refractivity contribution is 7.92. The van der Waals surface area contributed by atoms with Gasteiger partial charge in [0.05, 0.1) is 10.8 Å². The molecule has 1 atom stereocenters. The fourth-order valence-electron chi connectivity index (χ4n) is 3.21. The zero-order valence-corrected chi connectivity index (χ0v) is 17.6. The fraction of sp³-hybridized carbons (Fsp3) is 0.350. The Hall–Kier alpha value is -2.09. The number of amides is 1. The van der Waals surface area contributed by atoms with Crippen LogP contribution in [0.4, 0.5) is 11.4 Å². The van der Waals surface area contributed by atoms with Gasteiger partial charge in [-0.25, -0.2) is 8.42 Å². The molecule has 1 heterocycles. The highest BCUT2D eigenvalue weighted by atomic mass is 35.5. The van der Waals surface area contributed by atoms with Gasteiger partial charge in [0.2, 0.25) is 5.91 Å². The molecule has 1 fully saturated rings. The van der Waals surface area contributed by atoms with Crippen LogP contribution in [-0.4, -0.2) is 27.4 Å². The maximum atomic E-state index is 12.8. The van der Waals surface area contributed by atoms with Gasteiger partial charge in [0.15, 0.2) is 0 Å². The highest BCUT2D eigenvalue weighted by Crippen LogP contribution is 2.24. The van der Waals surface area contributed by atoms with Crippen LogP contribution in [0, 0.1) is 19.8 Å². The summed E-state index contributed by atoms with van der Waals surface area (Å²) in [4.78, 5) is 12.6. The summed E-state index contributed by atoms with van der Waals surface area (Å²) >= 11 is 0. The summed E-state index contributed by atoms with van der Waals surface area (Å²) in [7, 11) is -3.76. The summed E-state index contributed by atoms with van der Waals surface area (Å²) in [6, 6.07) is 12.1. The summed E-state index contributed by atoms with van der Waals surface area (Å²) in [5.74, 6) is -0.174. The van der Waals surface area contributed by atoms with E-state index in [4.69, 9.17) is 0 Å². The van der Waals surface area contributed by atoms with Crippen LogP contribution in [0.5, 0.6) is 0 Å². The lowest BCUT2D eigenvalue weighted by atomic mass is 9.99. The third-order valence-corrected chi connectivity index (χ3v) is 6.21. The van der Waals surface area contributed by atoms with Gasteiger partial charge in [-0.1, -0.05) is 18.2 Å². The molecule has 0 saturated carbocycles. The van der Waals surface area contributed by atoms with Gasteiger partial charge in [-0.3, -0.25) is 9.52 Å². The molecule has 1 aliphatic heterocycles. The van der Waals surface area contributed by atoms with Gasteiger partial charge in [0.1, 0.15) is 0 Å². The average molecular weight is 424 g/mol. The maximum Gasteiger partial charge on any atom is 0.262 e. The number of nitrogens with one attached hydrogen (secondary N) is 3. The molecule has 2 aromatic carbocycles. The molecular formula is C20H26ClN3O3S. The van der Waals surface area contributed by atoms with Crippen LogP contribution >= 0.6 is 12.4 Å². The molecule has 8 heteroatoms. The highest BCUT2D eigenvalue weighted by Gasteiger charge is 2.22.